The van der Waals surface area contributed by atoms with Crippen molar-refractivity contribution >= 4 is 34.5 Å². The number of carbonyl (C=O) groups is 2. The molecule has 0 bridgehead atoms. The van der Waals surface area contributed by atoms with Crippen LogP contribution in [0.1, 0.15) is 5.56 Å². The molecule has 160 valence electrons. The van der Waals surface area contributed by atoms with Gasteiger partial charge < -0.3 is 14.2 Å². The average molecular weight is 441 g/mol. The molecule has 0 atom stereocenters. The number of rotatable bonds is 7. The van der Waals surface area contributed by atoms with Gasteiger partial charge in [-0.1, -0.05) is 41.7 Å². The largest absolute Gasteiger partial charge is 0.493 e. The van der Waals surface area contributed by atoms with Crippen molar-refractivity contribution in [2.45, 2.75) is 0 Å². The van der Waals surface area contributed by atoms with Crippen molar-refractivity contribution in [2.24, 2.45) is 5.10 Å². The van der Waals surface area contributed by atoms with E-state index in [4.69, 9.17) is 14.2 Å². The van der Waals surface area contributed by atoms with Gasteiger partial charge in [-0.05, 0) is 12.1 Å². The molecular formula is C20H19N5O5S. The predicted octanol–water partition coefficient (Wildman–Crippen LogP) is 2.32. The lowest BCUT2D eigenvalue weighted by Crippen LogP contribution is -2.32. The van der Waals surface area contributed by atoms with Gasteiger partial charge in [-0.3, -0.25) is 14.9 Å². The van der Waals surface area contributed by atoms with Crippen molar-refractivity contribution in [1.29, 1.82) is 0 Å². The van der Waals surface area contributed by atoms with Crippen LogP contribution in [0.25, 0.3) is 10.6 Å². The Labute approximate surface area is 181 Å². The lowest BCUT2D eigenvalue weighted by Gasteiger charge is -2.12. The first-order chi connectivity index (χ1) is 15.0. The van der Waals surface area contributed by atoms with Gasteiger partial charge in [0.25, 0.3) is 0 Å². The van der Waals surface area contributed by atoms with Crippen molar-refractivity contribution in [3.05, 3.63) is 48.0 Å². The zero-order valence-electron chi connectivity index (χ0n) is 16.9. The standard InChI is InChI=1S/C20H19N5O5S/c1-28-14-9-12(10-15(29-2)16(14)30-3)11-21-23-18(27)17(26)22-20-25-24-19(31-20)13-7-5-4-6-8-13/h4-11H,1-3H3,(H,23,27)(H,22,25,26)/b21-11-. The molecule has 1 heterocycles. The molecule has 0 aliphatic rings. The summed E-state index contributed by atoms with van der Waals surface area (Å²) in [5, 5.41) is 14.9. The van der Waals surface area contributed by atoms with E-state index in [1.165, 1.54) is 27.5 Å². The monoisotopic (exact) mass is 441 g/mol. The van der Waals surface area contributed by atoms with Gasteiger partial charge in [-0.15, -0.1) is 10.2 Å². The van der Waals surface area contributed by atoms with Crippen molar-refractivity contribution in [2.75, 3.05) is 26.6 Å². The highest BCUT2D eigenvalue weighted by molar-refractivity contribution is 7.18. The number of benzene rings is 2. The fourth-order valence-electron chi connectivity index (χ4n) is 2.52. The van der Waals surface area contributed by atoms with E-state index in [1.54, 1.807) is 12.1 Å². The van der Waals surface area contributed by atoms with E-state index in [9.17, 15) is 9.59 Å². The predicted molar refractivity (Wildman–Crippen MR) is 116 cm³/mol. The second-order valence-electron chi connectivity index (χ2n) is 5.89. The lowest BCUT2D eigenvalue weighted by molar-refractivity contribution is -0.136. The number of nitrogens with zero attached hydrogens (tertiary/aromatic N) is 3. The second kappa shape index (κ2) is 10.2. The SMILES string of the molecule is COc1cc(/C=N\NC(=O)C(=O)Nc2nnc(-c3ccccc3)s2)cc(OC)c1OC. The van der Waals surface area contributed by atoms with E-state index in [2.05, 4.69) is 26.0 Å². The highest BCUT2D eigenvalue weighted by atomic mass is 32.1. The number of hydrogen-bond acceptors (Lipinski definition) is 9. The molecule has 0 aliphatic carbocycles. The second-order valence-corrected chi connectivity index (χ2v) is 6.87. The normalized spacial score (nSPS) is 10.5. The molecule has 0 saturated carbocycles. The van der Waals surface area contributed by atoms with E-state index in [1.807, 2.05) is 30.3 Å². The fraction of sp³-hybridized carbons (Fsp3) is 0.150. The van der Waals surface area contributed by atoms with Gasteiger partial charge in [0.05, 0.1) is 27.5 Å². The summed E-state index contributed by atoms with van der Waals surface area (Å²) >= 11 is 1.15. The molecule has 0 aliphatic heterocycles. The zero-order valence-corrected chi connectivity index (χ0v) is 17.7. The van der Waals surface area contributed by atoms with Gasteiger partial charge in [0.15, 0.2) is 11.5 Å². The molecular weight excluding hydrogens is 422 g/mol. The summed E-state index contributed by atoms with van der Waals surface area (Å²) in [7, 11) is 4.47. The van der Waals surface area contributed by atoms with Crippen LogP contribution in [-0.2, 0) is 9.59 Å². The zero-order chi connectivity index (χ0) is 22.2. The number of ether oxygens (including phenoxy) is 3. The molecule has 31 heavy (non-hydrogen) atoms. The Bertz CT molecular complexity index is 1080. The summed E-state index contributed by atoms with van der Waals surface area (Å²) in [6.07, 6.45) is 1.34. The Morgan fingerprint density at radius 3 is 2.26 bits per heavy atom. The molecule has 0 unspecified atom stereocenters. The Morgan fingerprint density at radius 2 is 1.65 bits per heavy atom. The Balaban J connectivity index is 1.61. The summed E-state index contributed by atoms with van der Waals surface area (Å²) < 4.78 is 15.8. The number of nitrogens with one attached hydrogen (secondary N) is 2. The molecule has 2 N–H and O–H groups in total. The van der Waals surface area contributed by atoms with Crippen LogP contribution in [-0.4, -0.2) is 49.6 Å². The van der Waals surface area contributed by atoms with E-state index in [-0.39, 0.29) is 5.13 Å². The van der Waals surface area contributed by atoms with Crippen molar-refractivity contribution in [1.82, 2.24) is 15.6 Å². The number of amides is 2. The van der Waals surface area contributed by atoms with Gasteiger partial charge in [-0.25, -0.2) is 5.43 Å². The summed E-state index contributed by atoms with van der Waals surface area (Å²) in [5.41, 5.74) is 3.58. The highest BCUT2D eigenvalue weighted by Crippen LogP contribution is 2.37. The molecule has 3 rings (SSSR count). The fourth-order valence-corrected chi connectivity index (χ4v) is 3.26. The third-order valence-corrected chi connectivity index (χ3v) is 4.83. The number of aromatic nitrogens is 2. The van der Waals surface area contributed by atoms with E-state index in [0.717, 1.165) is 16.9 Å². The molecule has 0 fully saturated rings. The third kappa shape index (κ3) is 5.34. The minimum atomic E-state index is -0.958. The molecule has 1 aromatic heterocycles. The smallest absolute Gasteiger partial charge is 0.329 e. The molecule has 2 amide bonds. The van der Waals surface area contributed by atoms with Crippen LogP contribution in [0, 0.1) is 0 Å². The number of anilines is 1. The third-order valence-electron chi connectivity index (χ3n) is 3.94. The molecule has 0 saturated heterocycles. The Kier molecular flexibility index (Phi) is 7.12. The molecule has 3 aromatic rings. The van der Waals surface area contributed by atoms with E-state index >= 15 is 0 Å². The van der Waals surface area contributed by atoms with Crippen molar-refractivity contribution < 1.29 is 23.8 Å². The molecule has 0 spiro atoms. The Morgan fingerprint density at radius 1 is 0.968 bits per heavy atom. The van der Waals surface area contributed by atoms with Crippen LogP contribution in [0.15, 0.2) is 47.6 Å². The van der Waals surface area contributed by atoms with Crippen LogP contribution in [0.4, 0.5) is 5.13 Å². The summed E-state index contributed by atoms with van der Waals surface area (Å²) in [5.74, 6) is -0.592. The van der Waals surface area contributed by atoms with E-state index in [0.29, 0.717) is 27.8 Å². The first-order valence-electron chi connectivity index (χ1n) is 8.89. The van der Waals surface area contributed by atoms with Gasteiger partial charge in [0.2, 0.25) is 10.9 Å². The minimum absolute atomic E-state index is 0.201. The average Bonchev–Trinajstić information content (AvgIpc) is 3.27. The number of hydrazone groups is 1. The first-order valence-corrected chi connectivity index (χ1v) is 9.70. The van der Waals surface area contributed by atoms with Crippen LogP contribution >= 0.6 is 11.3 Å². The van der Waals surface area contributed by atoms with Gasteiger partial charge in [0, 0.05) is 11.1 Å². The number of methoxy groups -OCH3 is 3. The number of carbonyl (C=O) groups excluding carboxylic acids is 2. The van der Waals surface area contributed by atoms with Crippen LogP contribution in [0.2, 0.25) is 0 Å². The number of hydrogen-bond donors (Lipinski definition) is 2. The quantitative estimate of drug-likeness (QED) is 0.328. The minimum Gasteiger partial charge on any atom is -0.493 e. The molecule has 10 nitrogen and oxygen atoms in total. The summed E-state index contributed by atoms with van der Waals surface area (Å²) in [4.78, 5) is 24.1. The molecule has 0 radical (unpaired) electrons. The van der Waals surface area contributed by atoms with Crippen LogP contribution in [0.3, 0.4) is 0 Å². The van der Waals surface area contributed by atoms with Crippen LogP contribution < -0.4 is 25.0 Å². The maximum atomic E-state index is 12.1. The van der Waals surface area contributed by atoms with E-state index < -0.39 is 11.8 Å². The van der Waals surface area contributed by atoms with Gasteiger partial charge in [0.1, 0.15) is 5.01 Å². The summed E-state index contributed by atoms with van der Waals surface area (Å²) in [6.45, 7) is 0. The topological polar surface area (TPSA) is 124 Å². The van der Waals surface area contributed by atoms with Gasteiger partial charge in [-0.2, -0.15) is 5.10 Å². The van der Waals surface area contributed by atoms with Crippen LogP contribution in [0.5, 0.6) is 17.2 Å². The summed E-state index contributed by atoms with van der Waals surface area (Å²) in [6, 6.07) is 12.7. The maximum absolute atomic E-state index is 12.1. The lowest BCUT2D eigenvalue weighted by atomic mass is 10.2. The van der Waals surface area contributed by atoms with Crippen molar-refractivity contribution in [3.8, 4) is 27.8 Å². The first kappa shape index (κ1) is 21.7. The highest BCUT2D eigenvalue weighted by Gasteiger charge is 2.16. The molecule has 2 aromatic carbocycles. The molecule has 11 heteroatoms. The Hall–Kier alpha value is -3.99. The van der Waals surface area contributed by atoms with Crippen molar-refractivity contribution in [3.63, 3.8) is 0 Å². The maximum Gasteiger partial charge on any atom is 0.329 e. The van der Waals surface area contributed by atoms with Gasteiger partial charge >= 0.3 is 11.8 Å².